The van der Waals surface area contributed by atoms with Gasteiger partial charge in [0.2, 0.25) is 5.91 Å². The van der Waals surface area contributed by atoms with Crippen LogP contribution in [0.15, 0.2) is 53.4 Å². The number of hydrogen-bond acceptors (Lipinski definition) is 4. The summed E-state index contributed by atoms with van der Waals surface area (Å²) in [5.41, 5.74) is 0.797. The average Bonchev–Trinajstić information content (AvgIpc) is 2.77. The number of piperidine rings is 1. The third kappa shape index (κ3) is 5.98. The van der Waals surface area contributed by atoms with Crippen molar-refractivity contribution in [1.82, 2.24) is 10.2 Å². The molecule has 1 fully saturated rings. The van der Waals surface area contributed by atoms with Crippen LogP contribution in [0.4, 0.5) is 5.69 Å². The molecule has 0 aliphatic carbocycles. The monoisotopic (exact) mass is 463 g/mol. The molecular weight excluding hydrogens is 438 g/mol. The zero-order chi connectivity index (χ0) is 22.4. The van der Waals surface area contributed by atoms with Crippen molar-refractivity contribution in [2.24, 2.45) is 5.92 Å². The summed E-state index contributed by atoms with van der Waals surface area (Å²) in [6, 6.07) is 12.1. The van der Waals surface area contributed by atoms with E-state index in [0.29, 0.717) is 35.9 Å². The maximum absolute atomic E-state index is 12.9. The zero-order valence-corrected chi connectivity index (χ0v) is 18.9. The van der Waals surface area contributed by atoms with Gasteiger partial charge in [0.15, 0.2) is 0 Å². The van der Waals surface area contributed by atoms with E-state index in [0.717, 1.165) is 19.3 Å². The Morgan fingerprint density at radius 2 is 1.77 bits per heavy atom. The summed E-state index contributed by atoms with van der Waals surface area (Å²) in [7, 11) is -3.76. The molecule has 2 aromatic rings. The van der Waals surface area contributed by atoms with Crippen LogP contribution in [-0.2, 0) is 14.8 Å². The van der Waals surface area contributed by atoms with E-state index in [9.17, 15) is 18.0 Å². The molecule has 2 N–H and O–H groups in total. The van der Waals surface area contributed by atoms with E-state index >= 15 is 0 Å². The second-order valence-electron chi connectivity index (χ2n) is 7.52. The van der Waals surface area contributed by atoms with Gasteiger partial charge in [0.05, 0.1) is 10.8 Å². The van der Waals surface area contributed by atoms with Crippen LogP contribution in [-0.4, -0.2) is 44.8 Å². The van der Waals surface area contributed by atoms with E-state index < -0.39 is 10.0 Å². The second kappa shape index (κ2) is 10.2. The number of amides is 2. The maximum atomic E-state index is 12.9. The van der Waals surface area contributed by atoms with Gasteiger partial charge in [-0.05, 0) is 67.8 Å². The number of halogens is 1. The fraction of sp³-hybridized carbons (Fsp3) is 0.364. The van der Waals surface area contributed by atoms with Crippen LogP contribution in [0.3, 0.4) is 0 Å². The standard InChI is InChI=1S/C22H26ClN3O4S/c1-2-13-24-21(27)17-4-3-14-26(15-17)22(28)16-5-9-19(10-6-16)25-31(29,30)20-11-7-18(23)8-12-20/h5-12,17,25H,2-4,13-15H2,1H3,(H,24,27). The summed E-state index contributed by atoms with van der Waals surface area (Å²) in [6.45, 7) is 3.62. The van der Waals surface area contributed by atoms with Gasteiger partial charge in [-0.2, -0.15) is 0 Å². The van der Waals surface area contributed by atoms with Gasteiger partial charge < -0.3 is 10.2 Å². The fourth-order valence-corrected chi connectivity index (χ4v) is 4.64. The molecule has 0 bridgehead atoms. The lowest BCUT2D eigenvalue weighted by atomic mass is 9.96. The first-order valence-electron chi connectivity index (χ1n) is 10.3. The van der Waals surface area contributed by atoms with Gasteiger partial charge in [-0.1, -0.05) is 18.5 Å². The van der Waals surface area contributed by atoms with Crippen molar-refractivity contribution in [3.05, 3.63) is 59.1 Å². The number of benzene rings is 2. The Morgan fingerprint density at radius 3 is 2.42 bits per heavy atom. The average molecular weight is 464 g/mol. The molecular formula is C22H26ClN3O4S. The molecule has 1 heterocycles. The van der Waals surface area contributed by atoms with Crippen LogP contribution in [0.5, 0.6) is 0 Å². The Bertz CT molecular complexity index is 1020. The molecule has 166 valence electrons. The largest absolute Gasteiger partial charge is 0.356 e. The van der Waals surface area contributed by atoms with E-state index in [1.54, 1.807) is 29.2 Å². The molecule has 2 amide bonds. The first kappa shape index (κ1) is 23.1. The van der Waals surface area contributed by atoms with Gasteiger partial charge in [-0.3, -0.25) is 14.3 Å². The Balaban J connectivity index is 1.64. The van der Waals surface area contributed by atoms with Gasteiger partial charge in [-0.25, -0.2) is 8.42 Å². The minimum absolute atomic E-state index is 0.00805. The number of carbonyl (C=O) groups excluding carboxylic acids is 2. The van der Waals surface area contributed by atoms with Crippen molar-refractivity contribution >= 4 is 39.1 Å². The minimum atomic E-state index is -3.76. The molecule has 0 radical (unpaired) electrons. The second-order valence-corrected chi connectivity index (χ2v) is 9.64. The highest BCUT2D eigenvalue weighted by Crippen LogP contribution is 2.21. The van der Waals surface area contributed by atoms with Gasteiger partial charge in [-0.15, -0.1) is 0 Å². The van der Waals surface area contributed by atoms with Crippen LogP contribution in [0.2, 0.25) is 5.02 Å². The van der Waals surface area contributed by atoms with Crippen molar-refractivity contribution < 1.29 is 18.0 Å². The summed E-state index contributed by atoms with van der Waals surface area (Å²) in [6.07, 6.45) is 2.41. The highest BCUT2D eigenvalue weighted by Gasteiger charge is 2.28. The summed E-state index contributed by atoms with van der Waals surface area (Å²) >= 11 is 5.81. The first-order valence-corrected chi connectivity index (χ1v) is 12.1. The van der Waals surface area contributed by atoms with Crippen LogP contribution >= 0.6 is 11.6 Å². The Labute approximate surface area is 187 Å². The SMILES string of the molecule is CCCNC(=O)C1CCCN(C(=O)c2ccc(NS(=O)(=O)c3ccc(Cl)cc3)cc2)C1. The van der Waals surface area contributed by atoms with E-state index in [2.05, 4.69) is 10.0 Å². The molecule has 1 unspecified atom stereocenters. The third-order valence-electron chi connectivity index (χ3n) is 5.14. The lowest BCUT2D eigenvalue weighted by molar-refractivity contribution is -0.126. The fourth-order valence-electron chi connectivity index (χ4n) is 3.46. The van der Waals surface area contributed by atoms with Crippen LogP contribution in [0.25, 0.3) is 0 Å². The van der Waals surface area contributed by atoms with Crippen LogP contribution in [0, 0.1) is 5.92 Å². The molecule has 7 nitrogen and oxygen atoms in total. The van der Waals surface area contributed by atoms with Gasteiger partial charge >= 0.3 is 0 Å². The summed E-state index contributed by atoms with van der Waals surface area (Å²) in [5.74, 6) is -0.374. The molecule has 0 saturated carbocycles. The predicted octanol–water partition coefficient (Wildman–Crippen LogP) is 3.52. The lowest BCUT2D eigenvalue weighted by Gasteiger charge is -2.32. The molecule has 0 aromatic heterocycles. The highest BCUT2D eigenvalue weighted by molar-refractivity contribution is 7.92. The zero-order valence-electron chi connectivity index (χ0n) is 17.3. The van der Waals surface area contributed by atoms with Gasteiger partial charge in [0, 0.05) is 35.9 Å². The van der Waals surface area contributed by atoms with Crippen molar-refractivity contribution in [3.8, 4) is 0 Å². The molecule has 31 heavy (non-hydrogen) atoms. The van der Waals surface area contributed by atoms with Gasteiger partial charge in [0.1, 0.15) is 0 Å². The number of carbonyl (C=O) groups is 2. The van der Waals surface area contributed by atoms with Gasteiger partial charge in [0.25, 0.3) is 15.9 Å². The summed E-state index contributed by atoms with van der Waals surface area (Å²) in [5, 5.41) is 3.35. The summed E-state index contributed by atoms with van der Waals surface area (Å²) in [4.78, 5) is 26.9. The van der Waals surface area contributed by atoms with Crippen molar-refractivity contribution in [1.29, 1.82) is 0 Å². The maximum Gasteiger partial charge on any atom is 0.261 e. The minimum Gasteiger partial charge on any atom is -0.356 e. The normalized spacial score (nSPS) is 16.6. The molecule has 2 aromatic carbocycles. The number of likely N-dealkylation sites (tertiary alicyclic amines) is 1. The number of sulfonamides is 1. The summed E-state index contributed by atoms with van der Waals surface area (Å²) < 4.78 is 27.5. The molecule has 1 atom stereocenters. The number of anilines is 1. The number of hydrogen-bond donors (Lipinski definition) is 2. The van der Waals surface area contributed by atoms with Crippen LogP contribution < -0.4 is 10.0 Å². The molecule has 1 aliphatic heterocycles. The van der Waals surface area contributed by atoms with E-state index in [4.69, 9.17) is 11.6 Å². The first-order chi connectivity index (χ1) is 14.8. The molecule has 3 rings (SSSR count). The smallest absolute Gasteiger partial charge is 0.261 e. The van der Waals surface area contributed by atoms with Crippen molar-refractivity contribution in [3.63, 3.8) is 0 Å². The van der Waals surface area contributed by atoms with Crippen LogP contribution in [0.1, 0.15) is 36.5 Å². The topological polar surface area (TPSA) is 95.6 Å². The lowest BCUT2D eigenvalue weighted by Crippen LogP contribution is -2.45. The predicted molar refractivity (Wildman–Crippen MR) is 121 cm³/mol. The Hall–Kier alpha value is -2.58. The van der Waals surface area contributed by atoms with Crippen molar-refractivity contribution in [2.45, 2.75) is 31.1 Å². The Morgan fingerprint density at radius 1 is 1.10 bits per heavy atom. The van der Waals surface area contributed by atoms with E-state index in [1.807, 2.05) is 6.92 Å². The molecule has 1 aliphatic rings. The molecule has 0 spiro atoms. The molecule has 9 heteroatoms. The highest BCUT2D eigenvalue weighted by atomic mass is 35.5. The van der Waals surface area contributed by atoms with E-state index in [-0.39, 0.29) is 22.6 Å². The number of nitrogens with zero attached hydrogens (tertiary/aromatic N) is 1. The Kier molecular flexibility index (Phi) is 7.56. The van der Waals surface area contributed by atoms with Crippen molar-refractivity contribution in [2.75, 3.05) is 24.4 Å². The quantitative estimate of drug-likeness (QED) is 0.656. The third-order valence-corrected chi connectivity index (χ3v) is 6.79. The molecule has 1 saturated heterocycles. The number of nitrogens with one attached hydrogen (secondary N) is 2. The van der Waals surface area contributed by atoms with E-state index in [1.165, 1.54) is 24.3 Å². The number of rotatable bonds is 7.